The Hall–Kier alpha value is -4.38. The van der Waals surface area contributed by atoms with E-state index in [-0.39, 0.29) is 5.56 Å². The molecule has 5 nitrogen and oxygen atoms in total. The van der Waals surface area contributed by atoms with Crippen LogP contribution in [0.2, 0.25) is 0 Å². The Morgan fingerprint density at radius 3 is 2.56 bits per heavy atom. The van der Waals surface area contributed by atoms with Crippen molar-refractivity contribution in [1.29, 1.82) is 0 Å². The van der Waals surface area contributed by atoms with Gasteiger partial charge in [-0.3, -0.25) is 20.0 Å². The van der Waals surface area contributed by atoms with Crippen molar-refractivity contribution in [1.82, 2.24) is 14.8 Å². The molecule has 0 saturated heterocycles. The van der Waals surface area contributed by atoms with Crippen LogP contribution in [-0.2, 0) is 6.54 Å². The summed E-state index contributed by atoms with van der Waals surface area (Å²) in [5.74, 6) is 0. The summed E-state index contributed by atoms with van der Waals surface area (Å²) in [6.45, 7) is 0.767. The smallest absolute Gasteiger partial charge is 0.271 e. The fourth-order valence-electron chi connectivity index (χ4n) is 4.39. The Bertz CT molecular complexity index is 1670. The molecule has 5 aromatic rings. The first kappa shape index (κ1) is 18.4. The topological polar surface area (TPSA) is 65.9 Å². The van der Waals surface area contributed by atoms with Crippen molar-refractivity contribution in [2.75, 3.05) is 0 Å². The quantitative estimate of drug-likeness (QED) is 0.465. The zero-order valence-corrected chi connectivity index (χ0v) is 17.2. The monoisotopic (exact) mass is 416 g/mol. The van der Waals surface area contributed by atoms with Gasteiger partial charge in [-0.25, -0.2) is 0 Å². The number of hydrogen-bond donors (Lipinski definition) is 2. The van der Waals surface area contributed by atoms with Crippen LogP contribution in [0.5, 0.6) is 0 Å². The molecule has 32 heavy (non-hydrogen) atoms. The van der Waals surface area contributed by atoms with Gasteiger partial charge in [0.2, 0.25) is 0 Å². The molecule has 0 saturated carbocycles. The van der Waals surface area contributed by atoms with E-state index < -0.39 is 0 Å². The van der Waals surface area contributed by atoms with Crippen LogP contribution in [0.15, 0.2) is 94.8 Å². The van der Waals surface area contributed by atoms with Gasteiger partial charge < -0.3 is 4.57 Å². The van der Waals surface area contributed by atoms with Crippen LogP contribution in [0.3, 0.4) is 0 Å². The number of aliphatic imine (C=N–C) groups is 1. The number of para-hydroxylation sites is 2. The summed E-state index contributed by atoms with van der Waals surface area (Å²) in [5, 5.41) is 8.29. The molecule has 3 heterocycles. The predicted molar refractivity (Wildman–Crippen MR) is 129 cm³/mol. The molecule has 0 bridgehead atoms. The van der Waals surface area contributed by atoms with Crippen LogP contribution < -0.4 is 16.1 Å². The molecule has 5 heteroatoms. The number of aromatic nitrogens is 3. The lowest BCUT2D eigenvalue weighted by Gasteiger charge is -2.05. The number of fused-ring (bicyclic) bond motifs is 2. The number of rotatable bonds is 3. The number of benzene rings is 3. The van der Waals surface area contributed by atoms with Gasteiger partial charge in [-0.1, -0.05) is 66.7 Å². The molecular formula is C27H20N4O. The van der Waals surface area contributed by atoms with Crippen molar-refractivity contribution in [2.45, 2.75) is 6.54 Å². The minimum Gasteiger partial charge on any atom is -0.342 e. The number of hydrogen-bond acceptors (Lipinski definition) is 2. The van der Waals surface area contributed by atoms with E-state index in [2.05, 4.69) is 62.4 Å². The van der Waals surface area contributed by atoms with Crippen molar-refractivity contribution < 1.29 is 0 Å². The first-order valence-electron chi connectivity index (χ1n) is 10.6. The zero-order chi connectivity index (χ0) is 21.5. The van der Waals surface area contributed by atoms with E-state index in [1.165, 1.54) is 5.56 Å². The lowest BCUT2D eigenvalue weighted by atomic mass is 10.1. The maximum Gasteiger partial charge on any atom is 0.271 e. The average Bonchev–Trinajstić information content (AvgIpc) is 3.51. The van der Waals surface area contributed by atoms with Gasteiger partial charge >= 0.3 is 0 Å². The highest BCUT2D eigenvalue weighted by Crippen LogP contribution is 2.28. The molecule has 2 aromatic heterocycles. The van der Waals surface area contributed by atoms with Gasteiger partial charge in [-0.15, -0.1) is 0 Å². The van der Waals surface area contributed by atoms with E-state index in [4.69, 9.17) is 0 Å². The Labute approximate surface area is 183 Å². The minimum atomic E-state index is -0.148. The van der Waals surface area contributed by atoms with Crippen LogP contribution >= 0.6 is 0 Å². The van der Waals surface area contributed by atoms with Gasteiger partial charge in [0.15, 0.2) is 0 Å². The third-order valence-electron chi connectivity index (χ3n) is 5.93. The molecule has 2 N–H and O–H groups in total. The maximum atomic E-state index is 12.8. The average molecular weight is 416 g/mol. The lowest BCUT2D eigenvalue weighted by Crippen LogP contribution is -2.35. The standard InChI is InChI=1S/C27H20N4O/c32-27-22(26(29-30-27)23-15-28-24-12-6-4-11-21(23)24)14-19-17-31(16-18-8-2-1-3-9-18)25-13-7-5-10-20(19)25/h1-15,17,29H,16H2,(H,30,32)/b22-14-,26-23+. The summed E-state index contributed by atoms with van der Waals surface area (Å²) < 4.78 is 2.23. The van der Waals surface area contributed by atoms with E-state index in [9.17, 15) is 4.79 Å². The summed E-state index contributed by atoms with van der Waals surface area (Å²) >= 11 is 0. The molecule has 6 rings (SSSR count). The number of nitrogens with zero attached hydrogens (tertiary/aromatic N) is 2. The van der Waals surface area contributed by atoms with Crippen LogP contribution in [0.4, 0.5) is 5.69 Å². The normalized spacial score (nSPS) is 14.9. The molecule has 1 aliphatic rings. The van der Waals surface area contributed by atoms with Gasteiger partial charge in [0.25, 0.3) is 5.56 Å². The first-order valence-corrected chi connectivity index (χ1v) is 10.6. The Balaban J connectivity index is 1.57. The van der Waals surface area contributed by atoms with Crippen molar-refractivity contribution in [3.05, 3.63) is 123 Å². The lowest BCUT2D eigenvalue weighted by molar-refractivity contribution is 0.836. The highest BCUT2D eigenvalue weighted by atomic mass is 16.1. The maximum absolute atomic E-state index is 12.8. The van der Waals surface area contributed by atoms with Crippen LogP contribution in [0.1, 0.15) is 16.7 Å². The molecule has 0 aliphatic carbocycles. The Morgan fingerprint density at radius 2 is 1.66 bits per heavy atom. The van der Waals surface area contributed by atoms with E-state index in [1.54, 1.807) is 0 Å². The van der Waals surface area contributed by atoms with Crippen LogP contribution in [0.25, 0.3) is 22.6 Å². The van der Waals surface area contributed by atoms with Gasteiger partial charge in [-0.2, -0.15) is 0 Å². The second-order valence-corrected chi connectivity index (χ2v) is 7.92. The molecule has 0 unspecified atom stereocenters. The van der Waals surface area contributed by atoms with Crippen molar-refractivity contribution in [3.8, 4) is 0 Å². The molecular weight excluding hydrogens is 396 g/mol. The molecule has 154 valence electrons. The van der Waals surface area contributed by atoms with Crippen LogP contribution in [0, 0.1) is 0 Å². The summed E-state index contributed by atoms with van der Waals surface area (Å²) in [6, 6.07) is 26.6. The Kier molecular flexibility index (Phi) is 4.25. The van der Waals surface area contributed by atoms with E-state index in [1.807, 2.05) is 54.8 Å². The molecule has 0 fully saturated rings. The molecule has 0 amide bonds. The highest BCUT2D eigenvalue weighted by Gasteiger charge is 2.14. The van der Waals surface area contributed by atoms with Crippen LogP contribution in [-0.4, -0.2) is 21.0 Å². The fraction of sp³-hybridized carbons (Fsp3) is 0.0370. The zero-order valence-electron chi connectivity index (χ0n) is 17.2. The predicted octanol–water partition coefficient (Wildman–Crippen LogP) is 3.45. The van der Waals surface area contributed by atoms with Crippen molar-refractivity contribution in [2.24, 2.45) is 4.99 Å². The van der Waals surface area contributed by atoms with E-state index >= 15 is 0 Å². The molecule has 3 aromatic carbocycles. The summed E-state index contributed by atoms with van der Waals surface area (Å²) in [5.41, 5.74) is 6.07. The summed E-state index contributed by atoms with van der Waals surface area (Å²) in [6.07, 6.45) is 5.91. The number of H-pyrrole nitrogens is 2. The molecule has 0 atom stereocenters. The SMILES string of the molecule is O=c1[nH][nH]c(=C2\C=Nc3ccccc32)/c1=C/c1cn(Cc2ccccc2)c2ccccc12. The van der Waals surface area contributed by atoms with Gasteiger partial charge in [0.1, 0.15) is 0 Å². The minimum absolute atomic E-state index is 0.148. The number of nitrogens with one attached hydrogen (secondary N) is 2. The second kappa shape index (κ2) is 7.39. The van der Waals surface area contributed by atoms with Gasteiger partial charge in [0, 0.05) is 46.6 Å². The molecule has 1 aliphatic heterocycles. The van der Waals surface area contributed by atoms with Gasteiger partial charge in [-0.05, 0) is 23.8 Å². The first-order chi connectivity index (χ1) is 15.8. The third-order valence-corrected chi connectivity index (χ3v) is 5.93. The Morgan fingerprint density at radius 1 is 0.875 bits per heavy atom. The largest absolute Gasteiger partial charge is 0.342 e. The molecule has 0 radical (unpaired) electrons. The summed E-state index contributed by atoms with van der Waals surface area (Å²) in [4.78, 5) is 17.3. The second-order valence-electron chi connectivity index (χ2n) is 7.92. The van der Waals surface area contributed by atoms with E-state index in [0.717, 1.165) is 45.2 Å². The van der Waals surface area contributed by atoms with Crippen molar-refractivity contribution in [3.63, 3.8) is 0 Å². The third kappa shape index (κ3) is 3.03. The summed E-state index contributed by atoms with van der Waals surface area (Å²) in [7, 11) is 0. The van der Waals surface area contributed by atoms with Crippen molar-refractivity contribution >= 4 is 34.5 Å². The van der Waals surface area contributed by atoms with E-state index in [0.29, 0.717) is 5.22 Å². The fourth-order valence-corrected chi connectivity index (χ4v) is 4.39. The molecule has 0 spiro atoms. The van der Waals surface area contributed by atoms with Gasteiger partial charge in [0.05, 0.1) is 16.3 Å². The number of aromatic amines is 2. The highest BCUT2D eigenvalue weighted by molar-refractivity contribution is 6.15.